The van der Waals surface area contributed by atoms with Gasteiger partial charge >= 0.3 is 0 Å². The predicted octanol–water partition coefficient (Wildman–Crippen LogP) is 1.13. The van der Waals surface area contributed by atoms with Gasteiger partial charge in [0.25, 0.3) is 0 Å². The Morgan fingerprint density at radius 3 is 2.46 bits per heavy atom. The number of nitrogens with two attached hydrogens (primary N) is 1. The van der Waals surface area contributed by atoms with Crippen molar-refractivity contribution < 1.29 is 4.79 Å². The van der Waals surface area contributed by atoms with Crippen LogP contribution in [0.5, 0.6) is 0 Å². The van der Waals surface area contributed by atoms with Gasteiger partial charge in [-0.1, -0.05) is 19.8 Å². The van der Waals surface area contributed by atoms with Crippen molar-refractivity contribution >= 4 is 5.91 Å². The normalized spacial score (nSPS) is 20.2. The highest BCUT2D eigenvalue weighted by atomic mass is 16.2. The van der Waals surface area contributed by atoms with Gasteiger partial charge < -0.3 is 10.6 Å². The van der Waals surface area contributed by atoms with E-state index in [0.29, 0.717) is 0 Å². The van der Waals surface area contributed by atoms with Gasteiger partial charge in [-0.2, -0.15) is 0 Å². The summed E-state index contributed by atoms with van der Waals surface area (Å²) in [5, 5.41) is 0. The van der Waals surface area contributed by atoms with E-state index in [-0.39, 0.29) is 5.91 Å². The summed E-state index contributed by atoms with van der Waals surface area (Å²) < 4.78 is 0. The maximum absolute atomic E-state index is 11.9. The summed E-state index contributed by atoms with van der Waals surface area (Å²) in [4.78, 5) is 13.6. The molecule has 0 saturated heterocycles. The second-order valence-corrected chi connectivity index (χ2v) is 4.09. The van der Waals surface area contributed by atoms with E-state index in [9.17, 15) is 4.79 Å². The average molecular weight is 184 g/mol. The van der Waals surface area contributed by atoms with Gasteiger partial charge in [0.1, 0.15) is 0 Å². The lowest BCUT2D eigenvalue weighted by molar-refractivity contribution is -0.135. The van der Waals surface area contributed by atoms with E-state index >= 15 is 0 Å². The molecule has 1 fully saturated rings. The standard InChI is InChI=1S/C10H20N2O/c1-3-8-12(2)9(13)10(11)6-4-5-7-10/h3-8,11H2,1-2H3. The highest BCUT2D eigenvalue weighted by molar-refractivity contribution is 5.86. The number of carbonyl (C=O) groups excluding carboxylic acids is 1. The molecule has 1 aliphatic rings. The molecule has 0 aromatic carbocycles. The summed E-state index contributed by atoms with van der Waals surface area (Å²) >= 11 is 0. The zero-order valence-electron chi connectivity index (χ0n) is 8.68. The molecule has 3 heteroatoms. The van der Waals surface area contributed by atoms with Gasteiger partial charge in [-0.05, 0) is 19.3 Å². The number of hydrogen-bond acceptors (Lipinski definition) is 2. The molecule has 13 heavy (non-hydrogen) atoms. The molecule has 2 N–H and O–H groups in total. The Morgan fingerprint density at radius 1 is 1.46 bits per heavy atom. The molecule has 76 valence electrons. The van der Waals surface area contributed by atoms with Crippen LogP contribution in [-0.4, -0.2) is 29.9 Å². The Labute approximate surface area is 80.3 Å². The monoisotopic (exact) mass is 184 g/mol. The number of nitrogens with zero attached hydrogens (tertiary/aromatic N) is 1. The van der Waals surface area contributed by atoms with Crippen LogP contribution in [0.4, 0.5) is 0 Å². The van der Waals surface area contributed by atoms with Crippen molar-refractivity contribution in [3.63, 3.8) is 0 Å². The van der Waals surface area contributed by atoms with Crippen LogP contribution in [0, 0.1) is 0 Å². The summed E-state index contributed by atoms with van der Waals surface area (Å²) in [6, 6.07) is 0. The summed E-state index contributed by atoms with van der Waals surface area (Å²) in [7, 11) is 1.85. The molecule has 0 aromatic rings. The minimum atomic E-state index is -0.538. The third kappa shape index (κ3) is 2.21. The molecule has 0 atom stereocenters. The van der Waals surface area contributed by atoms with Gasteiger partial charge in [-0.15, -0.1) is 0 Å². The summed E-state index contributed by atoms with van der Waals surface area (Å²) in [6.45, 7) is 2.89. The van der Waals surface area contributed by atoms with E-state index < -0.39 is 5.54 Å². The van der Waals surface area contributed by atoms with Crippen LogP contribution in [-0.2, 0) is 4.79 Å². The number of carbonyl (C=O) groups is 1. The smallest absolute Gasteiger partial charge is 0.242 e. The van der Waals surface area contributed by atoms with Crippen LogP contribution in [0.2, 0.25) is 0 Å². The number of hydrogen-bond donors (Lipinski definition) is 1. The predicted molar refractivity (Wildman–Crippen MR) is 53.3 cm³/mol. The number of likely N-dealkylation sites (N-methyl/N-ethyl adjacent to an activating group) is 1. The van der Waals surface area contributed by atoms with Gasteiger partial charge in [0.15, 0.2) is 0 Å². The molecule has 1 rings (SSSR count). The van der Waals surface area contributed by atoms with Crippen molar-refractivity contribution in [3.8, 4) is 0 Å². The number of rotatable bonds is 3. The van der Waals surface area contributed by atoms with E-state index in [1.807, 2.05) is 7.05 Å². The SMILES string of the molecule is CCCN(C)C(=O)C1(N)CCCC1. The zero-order chi connectivity index (χ0) is 9.90. The highest BCUT2D eigenvalue weighted by Crippen LogP contribution is 2.28. The van der Waals surface area contributed by atoms with Crippen LogP contribution in [0.25, 0.3) is 0 Å². The molecule has 3 nitrogen and oxygen atoms in total. The van der Waals surface area contributed by atoms with Gasteiger partial charge in [0, 0.05) is 13.6 Å². The van der Waals surface area contributed by atoms with Crippen molar-refractivity contribution in [2.75, 3.05) is 13.6 Å². The largest absolute Gasteiger partial charge is 0.344 e. The lowest BCUT2D eigenvalue weighted by Gasteiger charge is -2.28. The van der Waals surface area contributed by atoms with Crippen LogP contribution >= 0.6 is 0 Å². The molecule has 1 aliphatic carbocycles. The van der Waals surface area contributed by atoms with E-state index in [0.717, 1.165) is 38.6 Å². The number of amides is 1. The fraction of sp³-hybridized carbons (Fsp3) is 0.900. The maximum Gasteiger partial charge on any atom is 0.242 e. The Morgan fingerprint density at radius 2 is 2.00 bits per heavy atom. The minimum absolute atomic E-state index is 0.131. The molecule has 0 unspecified atom stereocenters. The van der Waals surface area contributed by atoms with Crippen LogP contribution < -0.4 is 5.73 Å². The van der Waals surface area contributed by atoms with Crippen LogP contribution in [0.15, 0.2) is 0 Å². The van der Waals surface area contributed by atoms with Crippen molar-refractivity contribution in [2.24, 2.45) is 5.73 Å². The van der Waals surface area contributed by atoms with E-state index in [4.69, 9.17) is 5.73 Å². The lowest BCUT2D eigenvalue weighted by Crippen LogP contribution is -2.52. The molecule has 1 amide bonds. The molecular formula is C10H20N2O. The maximum atomic E-state index is 11.9. The molecule has 1 saturated carbocycles. The lowest BCUT2D eigenvalue weighted by atomic mass is 9.97. The van der Waals surface area contributed by atoms with Gasteiger partial charge in [0.2, 0.25) is 5.91 Å². The fourth-order valence-corrected chi connectivity index (χ4v) is 2.04. The Kier molecular flexibility index (Phi) is 3.31. The molecule has 0 radical (unpaired) electrons. The first-order chi connectivity index (χ1) is 6.10. The van der Waals surface area contributed by atoms with E-state index in [2.05, 4.69) is 6.92 Å². The van der Waals surface area contributed by atoms with Crippen LogP contribution in [0.1, 0.15) is 39.0 Å². The first kappa shape index (κ1) is 10.5. The first-order valence-corrected chi connectivity index (χ1v) is 5.14. The second kappa shape index (κ2) is 4.09. The zero-order valence-corrected chi connectivity index (χ0v) is 8.68. The van der Waals surface area contributed by atoms with E-state index in [1.165, 1.54) is 0 Å². The van der Waals surface area contributed by atoms with Gasteiger partial charge in [-0.25, -0.2) is 0 Å². The average Bonchev–Trinajstić information content (AvgIpc) is 2.52. The highest BCUT2D eigenvalue weighted by Gasteiger charge is 2.38. The van der Waals surface area contributed by atoms with Crippen molar-refractivity contribution in [1.29, 1.82) is 0 Å². The summed E-state index contributed by atoms with van der Waals surface area (Å²) in [5.41, 5.74) is 5.50. The Balaban J connectivity index is 2.54. The Bertz CT molecular complexity index is 185. The molecule has 0 bridgehead atoms. The van der Waals surface area contributed by atoms with Crippen LogP contribution in [0.3, 0.4) is 0 Å². The first-order valence-electron chi connectivity index (χ1n) is 5.14. The van der Waals surface area contributed by atoms with E-state index in [1.54, 1.807) is 4.90 Å². The van der Waals surface area contributed by atoms with Gasteiger partial charge in [-0.3, -0.25) is 4.79 Å². The molecule has 0 aliphatic heterocycles. The summed E-state index contributed by atoms with van der Waals surface area (Å²) in [5.74, 6) is 0.131. The molecule has 0 aromatic heterocycles. The van der Waals surface area contributed by atoms with Crippen molar-refractivity contribution in [1.82, 2.24) is 4.90 Å². The Hall–Kier alpha value is -0.570. The van der Waals surface area contributed by atoms with Gasteiger partial charge in [0.05, 0.1) is 5.54 Å². The fourth-order valence-electron chi connectivity index (χ4n) is 2.04. The topological polar surface area (TPSA) is 46.3 Å². The molecule has 0 spiro atoms. The molecular weight excluding hydrogens is 164 g/mol. The third-order valence-corrected chi connectivity index (χ3v) is 2.83. The van der Waals surface area contributed by atoms with Crippen molar-refractivity contribution in [3.05, 3.63) is 0 Å². The second-order valence-electron chi connectivity index (χ2n) is 4.09. The summed E-state index contributed by atoms with van der Waals surface area (Å²) in [6.07, 6.45) is 4.92. The minimum Gasteiger partial charge on any atom is -0.344 e. The third-order valence-electron chi connectivity index (χ3n) is 2.83. The molecule has 0 heterocycles. The quantitative estimate of drug-likeness (QED) is 0.714. The van der Waals surface area contributed by atoms with Crippen molar-refractivity contribution in [2.45, 2.75) is 44.6 Å².